The zero-order chi connectivity index (χ0) is 11.8. The van der Waals surface area contributed by atoms with E-state index in [9.17, 15) is 0 Å². The third-order valence-corrected chi connectivity index (χ3v) is 3.04. The monoisotopic (exact) mass is 280 g/mol. The van der Waals surface area contributed by atoms with Crippen LogP contribution in [0.3, 0.4) is 0 Å². The van der Waals surface area contributed by atoms with Gasteiger partial charge in [0.1, 0.15) is 0 Å². The SMILES string of the molecule is CCC(C#N)CNCCc1cccc(Br)c1. The summed E-state index contributed by atoms with van der Waals surface area (Å²) in [6.45, 7) is 3.76. The third kappa shape index (κ3) is 4.78. The van der Waals surface area contributed by atoms with Crippen LogP contribution in [0.1, 0.15) is 18.9 Å². The first-order chi connectivity index (χ1) is 7.76. The second-order valence-electron chi connectivity index (χ2n) is 3.82. The van der Waals surface area contributed by atoms with E-state index in [4.69, 9.17) is 5.26 Å². The lowest BCUT2D eigenvalue weighted by atomic mass is 10.1. The predicted octanol–water partition coefficient (Wildman–Crippen LogP) is 3.13. The van der Waals surface area contributed by atoms with Crippen molar-refractivity contribution in [2.45, 2.75) is 19.8 Å². The van der Waals surface area contributed by atoms with Crippen LogP contribution in [-0.4, -0.2) is 13.1 Å². The molecule has 1 unspecified atom stereocenters. The molecule has 0 aliphatic heterocycles. The summed E-state index contributed by atoms with van der Waals surface area (Å²) in [5, 5.41) is 12.1. The van der Waals surface area contributed by atoms with Gasteiger partial charge in [-0.05, 0) is 37.1 Å². The fraction of sp³-hybridized carbons (Fsp3) is 0.462. The number of hydrogen-bond acceptors (Lipinski definition) is 2. The summed E-state index contributed by atoms with van der Waals surface area (Å²) in [5.41, 5.74) is 1.31. The van der Waals surface area contributed by atoms with Crippen molar-refractivity contribution in [2.24, 2.45) is 5.92 Å². The van der Waals surface area contributed by atoms with Crippen LogP contribution in [0.15, 0.2) is 28.7 Å². The Morgan fingerprint density at radius 2 is 2.31 bits per heavy atom. The van der Waals surface area contributed by atoms with Gasteiger partial charge in [0, 0.05) is 11.0 Å². The lowest BCUT2D eigenvalue weighted by Gasteiger charge is -2.08. The van der Waals surface area contributed by atoms with E-state index >= 15 is 0 Å². The normalized spacial score (nSPS) is 12.1. The molecule has 1 aromatic rings. The Labute approximate surface area is 106 Å². The molecule has 1 rings (SSSR count). The topological polar surface area (TPSA) is 35.8 Å². The van der Waals surface area contributed by atoms with Crippen molar-refractivity contribution in [3.8, 4) is 6.07 Å². The smallest absolute Gasteiger partial charge is 0.0669 e. The Morgan fingerprint density at radius 1 is 1.50 bits per heavy atom. The minimum absolute atomic E-state index is 0.141. The van der Waals surface area contributed by atoms with E-state index in [0.717, 1.165) is 30.4 Å². The Hall–Kier alpha value is -0.850. The van der Waals surface area contributed by atoms with Gasteiger partial charge >= 0.3 is 0 Å². The molecule has 0 aliphatic carbocycles. The second kappa shape index (κ2) is 7.43. The van der Waals surface area contributed by atoms with E-state index in [1.165, 1.54) is 5.56 Å². The molecule has 1 N–H and O–H groups in total. The number of hydrogen-bond donors (Lipinski definition) is 1. The molecular weight excluding hydrogens is 264 g/mol. The number of benzene rings is 1. The highest BCUT2D eigenvalue weighted by atomic mass is 79.9. The summed E-state index contributed by atoms with van der Waals surface area (Å²) in [4.78, 5) is 0. The van der Waals surface area contributed by atoms with E-state index in [1.54, 1.807) is 0 Å². The van der Waals surface area contributed by atoms with Crippen LogP contribution in [0.25, 0.3) is 0 Å². The van der Waals surface area contributed by atoms with Crippen LogP contribution in [0.5, 0.6) is 0 Å². The van der Waals surface area contributed by atoms with Crippen molar-refractivity contribution in [3.63, 3.8) is 0 Å². The molecule has 0 aliphatic rings. The molecule has 2 nitrogen and oxygen atoms in total. The van der Waals surface area contributed by atoms with Crippen molar-refractivity contribution < 1.29 is 0 Å². The molecule has 0 bridgehead atoms. The van der Waals surface area contributed by atoms with Crippen molar-refractivity contribution >= 4 is 15.9 Å². The highest BCUT2D eigenvalue weighted by Crippen LogP contribution is 2.11. The summed E-state index contributed by atoms with van der Waals surface area (Å²) >= 11 is 3.45. The molecule has 0 saturated carbocycles. The van der Waals surface area contributed by atoms with E-state index in [2.05, 4.69) is 39.4 Å². The molecule has 1 atom stereocenters. The molecule has 0 radical (unpaired) electrons. The molecule has 0 fully saturated rings. The van der Waals surface area contributed by atoms with Crippen molar-refractivity contribution in [3.05, 3.63) is 34.3 Å². The minimum atomic E-state index is 0.141. The fourth-order valence-corrected chi connectivity index (χ4v) is 1.93. The lowest BCUT2D eigenvalue weighted by Crippen LogP contribution is -2.23. The lowest BCUT2D eigenvalue weighted by molar-refractivity contribution is 0.555. The van der Waals surface area contributed by atoms with Gasteiger partial charge in [0.15, 0.2) is 0 Å². The zero-order valence-electron chi connectivity index (χ0n) is 9.54. The van der Waals surface area contributed by atoms with Crippen molar-refractivity contribution in [1.82, 2.24) is 5.32 Å². The minimum Gasteiger partial charge on any atom is -0.315 e. The van der Waals surface area contributed by atoms with Gasteiger partial charge in [-0.2, -0.15) is 5.26 Å². The average molecular weight is 281 g/mol. The number of nitrogens with zero attached hydrogens (tertiary/aromatic N) is 1. The van der Waals surface area contributed by atoms with E-state index in [1.807, 2.05) is 19.1 Å². The van der Waals surface area contributed by atoms with Crippen LogP contribution in [0.4, 0.5) is 0 Å². The van der Waals surface area contributed by atoms with Gasteiger partial charge in [-0.15, -0.1) is 0 Å². The third-order valence-electron chi connectivity index (χ3n) is 2.55. The molecule has 16 heavy (non-hydrogen) atoms. The first-order valence-corrected chi connectivity index (χ1v) is 6.40. The van der Waals surface area contributed by atoms with Crippen LogP contribution in [0.2, 0.25) is 0 Å². The Balaban J connectivity index is 2.24. The van der Waals surface area contributed by atoms with Gasteiger partial charge < -0.3 is 5.32 Å². The Kier molecular flexibility index (Phi) is 6.14. The van der Waals surface area contributed by atoms with Gasteiger partial charge in [0.2, 0.25) is 0 Å². The Bertz CT molecular complexity index is 357. The summed E-state index contributed by atoms with van der Waals surface area (Å²) in [7, 11) is 0. The molecule has 3 heteroatoms. The molecule has 0 spiro atoms. The predicted molar refractivity (Wildman–Crippen MR) is 70.1 cm³/mol. The maximum Gasteiger partial charge on any atom is 0.0669 e. The van der Waals surface area contributed by atoms with Gasteiger partial charge in [-0.1, -0.05) is 35.0 Å². The van der Waals surface area contributed by atoms with Crippen LogP contribution >= 0.6 is 15.9 Å². The first-order valence-electron chi connectivity index (χ1n) is 5.61. The molecule has 0 aromatic heterocycles. The van der Waals surface area contributed by atoms with E-state index in [0.29, 0.717) is 0 Å². The van der Waals surface area contributed by atoms with Crippen LogP contribution in [0, 0.1) is 17.2 Å². The largest absolute Gasteiger partial charge is 0.315 e. The Morgan fingerprint density at radius 3 is 2.94 bits per heavy atom. The zero-order valence-corrected chi connectivity index (χ0v) is 11.1. The van der Waals surface area contributed by atoms with Crippen LogP contribution in [-0.2, 0) is 6.42 Å². The fourth-order valence-electron chi connectivity index (χ4n) is 1.48. The van der Waals surface area contributed by atoms with Gasteiger partial charge in [0.25, 0.3) is 0 Å². The quantitative estimate of drug-likeness (QED) is 0.813. The molecule has 0 amide bonds. The van der Waals surface area contributed by atoms with Gasteiger partial charge in [-0.25, -0.2) is 0 Å². The van der Waals surface area contributed by atoms with Gasteiger partial charge in [0.05, 0.1) is 12.0 Å². The molecule has 1 aromatic carbocycles. The molecule has 0 saturated heterocycles. The van der Waals surface area contributed by atoms with Crippen molar-refractivity contribution in [2.75, 3.05) is 13.1 Å². The van der Waals surface area contributed by atoms with Crippen LogP contribution < -0.4 is 5.32 Å². The van der Waals surface area contributed by atoms with Gasteiger partial charge in [-0.3, -0.25) is 0 Å². The van der Waals surface area contributed by atoms with E-state index < -0.39 is 0 Å². The number of nitrogens with one attached hydrogen (secondary N) is 1. The summed E-state index contributed by atoms with van der Waals surface area (Å²) in [6, 6.07) is 10.6. The standard InChI is InChI=1S/C13H17BrN2/c1-2-11(9-15)10-16-7-6-12-4-3-5-13(14)8-12/h3-5,8,11,16H,2,6-7,10H2,1H3. The number of rotatable bonds is 6. The molecule has 0 heterocycles. The number of nitriles is 1. The first kappa shape index (κ1) is 13.2. The highest BCUT2D eigenvalue weighted by Gasteiger charge is 2.02. The summed E-state index contributed by atoms with van der Waals surface area (Å²) in [6.07, 6.45) is 1.92. The summed E-state index contributed by atoms with van der Waals surface area (Å²) < 4.78 is 1.12. The maximum absolute atomic E-state index is 8.78. The van der Waals surface area contributed by atoms with E-state index in [-0.39, 0.29) is 5.92 Å². The highest BCUT2D eigenvalue weighted by molar-refractivity contribution is 9.10. The summed E-state index contributed by atoms with van der Waals surface area (Å²) in [5.74, 6) is 0.141. The maximum atomic E-state index is 8.78. The molecule has 86 valence electrons. The van der Waals surface area contributed by atoms with Crippen molar-refractivity contribution in [1.29, 1.82) is 5.26 Å². The number of halogens is 1. The second-order valence-corrected chi connectivity index (χ2v) is 4.73. The molecular formula is C13H17BrN2. The average Bonchev–Trinajstić information content (AvgIpc) is 2.29.